The SMILES string of the molecule is NC1(C2CCCCC2)CC1c1ccc(O)cc1. The van der Waals surface area contributed by atoms with E-state index in [-0.39, 0.29) is 5.54 Å². The molecule has 0 spiro atoms. The van der Waals surface area contributed by atoms with Gasteiger partial charge in [0.25, 0.3) is 0 Å². The predicted octanol–water partition coefficient (Wildman–Crippen LogP) is 3.16. The Hall–Kier alpha value is -1.02. The van der Waals surface area contributed by atoms with E-state index < -0.39 is 0 Å². The zero-order valence-corrected chi connectivity index (χ0v) is 10.2. The number of nitrogens with two attached hydrogens (primary N) is 1. The summed E-state index contributed by atoms with van der Waals surface area (Å²) in [6.07, 6.45) is 7.84. The minimum absolute atomic E-state index is 0.0530. The Morgan fingerprint density at radius 1 is 1.06 bits per heavy atom. The van der Waals surface area contributed by atoms with Gasteiger partial charge in [0, 0.05) is 11.5 Å². The summed E-state index contributed by atoms with van der Waals surface area (Å²) < 4.78 is 0. The van der Waals surface area contributed by atoms with Crippen LogP contribution in [0.1, 0.15) is 50.0 Å². The lowest BCUT2D eigenvalue weighted by Gasteiger charge is -2.28. The number of hydrogen-bond donors (Lipinski definition) is 2. The molecule has 0 saturated heterocycles. The third kappa shape index (κ3) is 1.95. The smallest absolute Gasteiger partial charge is 0.115 e. The fourth-order valence-electron chi connectivity index (χ4n) is 3.52. The van der Waals surface area contributed by atoms with Gasteiger partial charge < -0.3 is 10.8 Å². The maximum absolute atomic E-state index is 9.31. The molecule has 3 rings (SSSR count). The molecule has 1 aromatic carbocycles. The van der Waals surface area contributed by atoms with Crippen LogP contribution in [0.2, 0.25) is 0 Å². The first kappa shape index (κ1) is 11.1. The van der Waals surface area contributed by atoms with Crippen LogP contribution >= 0.6 is 0 Å². The molecule has 2 fully saturated rings. The zero-order chi connectivity index (χ0) is 11.9. The van der Waals surface area contributed by atoms with Gasteiger partial charge in [-0.15, -0.1) is 0 Å². The zero-order valence-electron chi connectivity index (χ0n) is 10.2. The molecule has 0 bridgehead atoms. The molecule has 1 aromatic rings. The molecule has 2 unspecified atom stereocenters. The van der Waals surface area contributed by atoms with E-state index >= 15 is 0 Å². The highest BCUT2D eigenvalue weighted by Crippen LogP contribution is 2.57. The maximum atomic E-state index is 9.31. The molecule has 0 aliphatic heterocycles. The Balaban J connectivity index is 1.73. The van der Waals surface area contributed by atoms with Crippen molar-refractivity contribution in [2.45, 2.75) is 50.0 Å². The summed E-state index contributed by atoms with van der Waals surface area (Å²) in [5.74, 6) is 1.58. The highest BCUT2D eigenvalue weighted by molar-refractivity contribution is 5.37. The van der Waals surface area contributed by atoms with Crippen molar-refractivity contribution in [2.75, 3.05) is 0 Å². The van der Waals surface area contributed by atoms with Crippen molar-refractivity contribution in [3.05, 3.63) is 29.8 Å². The van der Waals surface area contributed by atoms with Crippen molar-refractivity contribution in [1.29, 1.82) is 0 Å². The summed E-state index contributed by atoms with van der Waals surface area (Å²) >= 11 is 0. The molecule has 3 N–H and O–H groups in total. The summed E-state index contributed by atoms with van der Waals surface area (Å²) in [4.78, 5) is 0. The molecular weight excluding hydrogens is 210 g/mol. The molecule has 0 amide bonds. The summed E-state index contributed by atoms with van der Waals surface area (Å²) in [5, 5.41) is 9.31. The van der Waals surface area contributed by atoms with Crippen LogP contribution in [0.15, 0.2) is 24.3 Å². The highest BCUT2D eigenvalue weighted by Gasteiger charge is 2.56. The average Bonchev–Trinajstić information content (AvgIpc) is 3.05. The number of phenolic OH excluding ortho intramolecular Hbond substituents is 1. The second-order valence-corrected chi connectivity index (χ2v) is 5.80. The second kappa shape index (κ2) is 4.02. The molecule has 2 saturated carbocycles. The van der Waals surface area contributed by atoms with Crippen LogP contribution in [0.4, 0.5) is 0 Å². The van der Waals surface area contributed by atoms with E-state index in [1.54, 1.807) is 12.1 Å². The summed E-state index contributed by atoms with van der Waals surface area (Å²) in [7, 11) is 0. The van der Waals surface area contributed by atoms with E-state index in [0.29, 0.717) is 11.7 Å². The van der Waals surface area contributed by atoms with Gasteiger partial charge in [0.15, 0.2) is 0 Å². The van der Waals surface area contributed by atoms with Crippen LogP contribution in [0.25, 0.3) is 0 Å². The topological polar surface area (TPSA) is 46.2 Å². The average molecular weight is 231 g/mol. The highest BCUT2D eigenvalue weighted by atomic mass is 16.3. The van der Waals surface area contributed by atoms with Crippen LogP contribution in [0, 0.1) is 5.92 Å². The monoisotopic (exact) mass is 231 g/mol. The summed E-state index contributed by atoms with van der Waals surface area (Å²) in [6, 6.07) is 7.60. The number of rotatable bonds is 2. The first-order valence-electron chi connectivity index (χ1n) is 6.78. The molecular formula is C15H21NO. The van der Waals surface area contributed by atoms with Crippen LogP contribution in [0.3, 0.4) is 0 Å². The summed E-state index contributed by atoms with van der Waals surface area (Å²) in [6.45, 7) is 0. The van der Waals surface area contributed by atoms with E-state index in [0.717, 1.165) is 12.3 Å². The van der Waals surface area contributed by atoms with Crippen molar-refractivity contribution >= 4 is 0 Å². The Kier molecular flexibility index (Phi) is 2.62. The predicted molar refractivity (Wildman–Crippen MR) is 69.0 cm³/mol. The standard InChI is InChI=1S/C15H21NO/c16-15(12-4-2-1-3-5-12)10-14(15)11-6-8-13(17)9-7-11/h6-9,12,14,17H,1-5,10,16H2. The molecule has 2 atom stereocenters. The van der Waals surface area contributed by atoms with E-state index in [9.17, 15) is 5.11 Å². The number of hydrogen-bond acceptors (Lipinski definition) is 2. The van der Waals surface area contributed by atoms with Gasteiger partial charge in [-0.1, -0.05) is 31.4 Å². The van der Waals surface area contributed by atoms with Crippen molar-refractivity contribution in [3.8, 4) is 5.75 Å². The fourth-order valence-corrected chi connectivity index (χ4v) is 3.52. The molecule has 2 nitrogen and oxygen atoms in total. The molecule has 92 valence electrons. The lowest BCUT2D eigenvalue weighted by atomic mass is 9.81. The third-order valence-electron chi connectivity index (χ3n) is 4.71. The largest absolute Gasteiger partial charge is 0.508 e. The first-order valence-corrected chi connectivity index (χ1v) is 6.78. The van der Waals surface area contributed by atoms with E-state index in [1.807, 2.05) is 12.1 Å². The Morgan fingerprint density at radius 2 is 1.71 bits per heavy atom. The van der Waals surface area contributed by atoms with E-state index in [1.165, 1.54) is 37.7 Å². The van der Waals surface area contributed by atoms with Gasteiger partial charge in [-0.25, -0.2) is 0 Å². The van der Waals surface area contributed by atoms with Gasteiger partial charge in [0.05, 0.1) is 0 Å². The first-order chi connectivity index (χ1) is 8.20. The quantitative estimate of drug-likeness (QED) is 0.821. The van der Waals surface area contributed by atoms with Crippen molar-refractivity contribution in [1.82, 2.24) is 0 Å². The van der Waals surface area contributed by atoms with Gasteiger partial charge in [-0.3, -0.25) is 0 Å². The molecule has 0 heterocycles. The Labute approximate surface area is 103 Å². The van der Waals surface area contributed by atoms with Gasteiger partial charge in [-0.2, -0.15) is 0 Å². The summed E-state index contributed by atoms with van der Waals surface area (Å²) in [5.41, 5.74) is 7.93. The number of benzene rings is 1. The second-order valence-electron chi connectivity index (χ2n) is 5.80. The third-order valence-corrected chi connectivity index (χ3v) is 4.71. The number of phenols is 1. The van der Waals surface area contributed by atoms with Crippen LogP contribution in [-0.2, 0) is 0 Å². The minimum atomic E-state index is 0.0530. The fraction of sp³-hybridized carbons (Fsp3) is 0.600. The van der Waals surface area contributed by atoms with E-state index in [4.69, 9.17) is 5.73 Å². The molecule has 2 aliphatic rings. The van der Waals surface area contributed by atoms with E-state index in [2.05, 4.69) is 0 Å². The normalized spacial score (nSPS) is 33.6. The van der Waals surface area contributed by atoms with Crippen LogP contribution < -0.4 is 5.73 Å². The minimum Gasteiger partial charge on any atom is -0.508 e. The van der Waals surface area contributed by atoms with Crippen LogP contribution in [0.5, 0.6) is 5.75 Å². The molecule has 17 heavy (non-hydrogen) atoms. The van der Waals surface area contributed by atoms with Crippen LogP contribution in [-0.4, -0.2) is 10.6 Å². The lowest BCUT2D eigenvalue weighted by Crippen LogP contribution is -2.35. The van der Waals surface area contributed by atoms with Gasteiger partial charge in [0.2, 0.25) is 0 Å². The molecule has 0 aromatic heterocycles. The van der Waals surface area contributed by atoms with Crippen molar-refractivity contribution in [2.24, 2.45) is 11.7 Å². The van der Waals surface area contributed by atoms with Gasteiger partial charge in [-0.05, 0) is 42.9 Å². The number of aromatic hydroxyl groups is 1. The van der Waals surface area contributed by atoms with Gasteiger partial charge in [0.1, 0.15) is 5.75 Å². The Morgan fingerprint density at radius 3 is 2.35 bits per heavy atom. The molecule has 0 radical (unpaired) electrons. The van der Waals surface area contributed by atoms with Crippen molar-refractivity contribution in [3.63, 3.8) is 0 Å². The van der Waals surface area contributed by atoms with Gasteiger partial charge >= 0.3 is 0 Å². The maximum Gasteiger partial charge on any atom is 0.115 e. The molecule has 2 heteroatoms. The molecule has 2 aliphatic carbocycles. The lowest BCUT2D eigenvalue weighted by molar-refractivity contribution is 0.286. The Bertz CT molecular complexity index is 394. The van der Waals surface area contributed by atoms with Crippen molar-refractivity contribution < 1.29 is 5.11 Å².